The second kappa shape index (κ2) is 4.18. The Bertz CT molecular complexity index is 490. The molecular weight excluding hydrogens is 208 g/mol. The Labute approximate surface area is 91.5 Å². The Hall–Kier alpha value is -1.75. The first-order valence-electron chi connectivity index (χ1n) is 4.44. The normalized spacial score (nSPS) is 11.0. The molecule has 0 atom stereocenters. The number of aromatic nitrogens is 1. The van der Waals surface area contributed by atoms with Crippen molar-refractivity contribution < 1.29 is 0 Å². The number of benzene rings is 1. The van der Waals surface area contributed by atoms with Crippen LogP contribution in [0.4, 0.5) is 15.8 Å². The van der Waals surface area contributed by atoms with E-state index in [1.54, 1.807) is 6.20 Å². The summed E-state index contributed by atoms with van der Waals surface area (Å²) in [5.74, 6) is 0. The fourth-order valence-electron chi connectivity index (χ4n) is 1.10. The summed E-state index contributed by atoms with van der Waals surface area (Å²) in [5, 5.41) is 9.41. The lowest BCUT2D eigenvalue weighted by Gasteiger charge is -1.95. The van der Waals surface area contributed by atoms with Crippen LogP contribution in [0.1, 0.15) is 5.56 Å². The van der Waals surface area contributed by atoms with Crippen molar-refractivity contribution in [1.29, 1.82) is 0 Å². The second-order valence-corrected chi connectivity index (χ2v) is 4.06. The zero-order valence-corrected chi connectivity index (χ0v) is 9.03. The number of nitrogens with two attached hydrogens (primary N) is 1. The number of rotatable bonds is 2. The monoisotopic (exact) mass is 218 g/mol. The molecule has 0 saturated carbocycles. The highest BCUT2D eigenvalue weighted by molar-refractivity contribution is 7.18. The highest BCUT2D eigenvalue weighted by atomic mass is 32.1. The third kappa shape index (κ3) is 2.38. The summed E-state index contributed by atoms with van der Waals surface area (Å²) >= 11 is 1.32. The molecule has 2 aromatic rings. The van der Waals surface area contributed by atoms with Crippen molar-refractivity contribution in [3.05, 3.63) is 36.0 Å². The molecule has 5 heteroatoms. The fourth-order valence-corrected chi connectivity index (χ4v) is 1.61. The average molecular weight is 218 g/mol. The zero-order valence-electron chi connectivity index (χ0n) is 8.21. The molecular formula is C10H10N4S. The molecule has 1 aromatic heterocycles. The smallest absolute Gasteiger partial charge is 0.182 e. The molecule has 0 aliphatic rings. The van der Waals surface area contributed by atoms with E-state index in [2.05, 4.69) is 15.2 Å². The maximum absolute atomic E-state index is 5.48. The van der Waals surface area contributed by atoms with Crippen LogP contribution in [-0.4, -0.2) is 4.98 Å². The Morgan fingerprint density at radius 1 is 1.27 bits per heavy atom. The molecule has 0 aliphatic carbocycles. The molecule has 76 valence electrons. The lowest BCUT2D eigenvalue weighted by molar-refractivity contribution is 1.22. The lowest BCUT2D eigenvalue weighted by atomic mass is 10.2. The van der Waals surface area contributed by atoms with E-state index >= 15 is 0 Å². The minimum Gasteiger partial charge on any atom is -0.375 e. The largest absolute Gasteiger partial charge is 0.375 e. The van der Waals surface area contributed by atoms with Gasteiger partial charge in [0.1, 0.15) is 0 Å². The van der Waals surface area contributed by atoms with Crippen LogP contribution in [0.5, 0.6) is 0 Å². The predicted molar refractivity (Wildman–Crippen MR) is 61.9 cm³/mol. The van der Waals surface area contributed by atoms with Crippen LogP contribution in [0.3, 0.4) is 0 Å². The van der Waals surface area contributed by atoms with E-state index in [9.17, 15) is 0 Å². The van der Waals surface area contributed by atoms with Gasteiger partial charge >= 0.3 is 0 Å². The van der Waals surface area contributed by atoms with Gasteiger partial charge in [-0.3, -0.25) is 0 Å². The van der Waals surface area contributed by atoms with E-state index in [1.807, 2.05) is 31.2 Å². The molecule has 4 nitrogen and oxygen atoms in total. The molecule has 0 spiro atoms. The molecule has 2 rings (SSSR count). The quantitative estimate of drug-likeness (QED) is 0.784. The van der Waals surface area contributed by atoms with E-state index in [-0.39, 0.29) is 0 Å². The van der Waals surface area contributed by atoms with Crippen molar-refractivity contribution in [1.82, 2.24) is 4.98 Å². The van der Waals surface area contributed by atoms with Crippen LogP contribution in [-0.2, 0) is 0 Å². The van der Waals surface area contributed by atoms with Gasteiger partial charge in [0.2, 0.25) is 0 Å². The number of nitrogen functional groups attached to an aromatic ring is 1. The summed E-state index contributed by atoms with van der Waals surface area (Å²) in [7, 11) is 0. The second-order valence-electron chi connectivity index (χ2n) is 3.02. The van der Waals surface area contributed by atoms with Crippen LogP contribution in [0.15, 0.2) is 40.7 Å². The number of nitrogens with zero attached hydrogens (tertiary/aromatic N) is 3. The molecule has 1 heterocycles. The highest BCUT2D eigenvalue weighted by Gasteiger charge is 1.97. The highest BCUT2D eigenvalue weighted by Crippen LogP contribution is 2.26. The summed E-state index contributed by atoms with van der Waals surface area (Å²) in [5.41, 5.74) is 7.44. The van der Waals surface area contributed by atoms with Crippen LogP contribution in [0.2, 0.25) is 0 Å². The van der Waals surface area contributed by atoms with Gasteiger partial charge in [0.05, 0.1) is 11.9 Å². The Balaban J connectivity index is 2.22. The molecule has 0 amide bonds. The number of hydrogen-bond acceptors (Lipinski definition) is 5. The first kappa shape index (κ1) is 9.79. The fraction of sp³-hybridized carbons (Fsp3) is 0.100. The number of aryl methyl sites for hydroxylation is 1. The summed E-state index contributed by atoms with van der Waals surface area (Å²) in [6.07, 6.45) is 1.61. The minimum absolute atomic E-state index is 0.508. The van der Waals surface area contributed by atoms with Gasteiger partial charge in [0.15, 0.2) is 10.1 Å². The summed E-state index contributed by atoms with van der Waals surface area (Å²) in [4.78, 5) is 3.89. The van der Waals surface area contributed by atoms with Gasteiger partial charge in [-0.1, -0.05) is 29.5 Å². The minimum atomic E-state index is 0.508. The van der Waals surface area contributed by atoms with Gasteiger partial charge in [-0.2, -0.15) is 0 Å². The van der Waals surface area contributed by atoms with Gasteiger partial charge in [-0.15, -0.1) is 10.2 Å². The van der Waals surface area contributed by atoms with E-state index in [4.69, 9.17) is 5.73 Å². The van der Waals surface area contributed by atoms with E-state index in [0.29, 0.717) is 5.13 Å². The van der Waals surface area contributed by atoms with Crippen molar-refractivity contribution in [3.63, 3.8) is 0 Å². The third-order valence-corrected chi connectivity index (χ3v) is 2.59. The SMILES string of the molecule is Cc1ccccc1N=Nc1cnc(N)s1. The lowest BCUT2D eigenvalue weighted by Crippen LogP contribution is -1.77. The molecule has 2 N–H and O–H groups in total. The van der Waals surface area contributed by atoms with Crippen molar-refractivity contribution >= 4 is 27.2 Å². The van der Waals surface area contributed by atoms with Crippen LogP contribution in [0, 0.1) is 6.92 Å². The van der Waals surface area contributed by atoms with Gasteiger partial charge in [-0.25, -0.2) is 4.98 Å². The molecule has 0 unspecified atom stereocenters. The Kier molecular flexibility index (Phi) is 2.73. The van der Waals surface area contributed by atoms with Crippen LogP contribution >= 0.6 is 11.3 Å². The van der Waals surface area contributed by atoms with E-state index in [1.165, 1.54) is 11.3 Å². The molecule has 0 saturated heterocycles. The maximum Gasteiger partial charge on any atom is 0.182 e. The van der Waals surface area contributed by atoms with Crippen LogP contribution < -0.4 is 5.73 Å². The molecule has 0 bridgehead atoms. The molecule has 0 aliphatic heterocycles. The first-order chi connectivity index (χ1) is 7.25. The number of hydrogen-bond donors (Lipinski definition) is 1. The van der Waals surface area contributed by atoms with Gasteiger partial charge in [0, 0.05) is 0 Å². The molecule has 0 radical (unpaired) electrons. The third-order valence-electron chi connectivity index (χ3n) is 1.88. The zero-order chi connectivity index (χ0) is 10.7. The number of thiazole rings is 1. The summed E-state index contributed by atoms with van der Waals surface area (Å²) in [6, 6.07) is 7.82. The van der Waals surface area contributed by atoms with Crippen molar-refractivity contribution in [2.24, 2.45) is 10.2 Å². The van der Waals surface area contributed by atoms with Gasteiger partial charge in [0.25, 0.3) is 0 Å². The standard InChI is InChI=1S/C10H10N4S/c1-7-4-2-3-5-8(7)13-14-9-6-12-10(11)15-9/h2-6H,1H3,(H2,11,12). The summed E-state index contributed by atoms with van der Waals surface area (Å²) < 4.78 is 0. The average Bonchev–Trinajstić information content (AvgIpc) is 2.63. The van der Waals surface area contributed by atoms with Gasteiger partial charge in [-0.05, 0) is 18.6 Å². The van der Waals surface area contributed by atoms with E-state index in [0.717, 1.165) is 16.3 Å². The molecule has 1 aromatic carbocycles. The number of anilines is 1. The van der Waals surface area contributed by atoms with Crippen molar-refractivity contribution in [3.8, 4) is 0 Å². The van der Waals surface area contributed by atoms with Crippen molar-refractivity contribution in [2.75, 3.05) is 5.73 Å². The number of azo groups is 1. The summed E-state index contributed by atoms with van der Waals surface area (Å²) in [6.45, 7) is 2.00. The maximum atomic E-state index is 5.48. The van der Waals surface area contributed by atoms with E-state index < -0.39 is 0 Å². The Morgan fingerprint density at radius 2 is 2.07 bits per heavy atom. The topological polar surface area (TPSA) is 63.6 Å². The molecule has 15 heavy (non-hydrogen) atoms. The predicted octanol–water partition coefficient (Wildman–Crippen LogP) is 3.45. The Morgan fingerprint density at radius 3 is 2.73 bits per heavy atom. The first-order valence-corrected chi connectivity index (χ1v) is 5.26. The van der Waals surface area contributed by atoms with Crippen LogP contribution in [0.25, 0.3) is 0 Å². The molecule has 0 fully saturated rings. The van der Waals surface area contributed by atoms with Crippen molar-refractivity contribution in [2.45, 2.75) is 6.92 Å². The van der Waals surface area contributed by atoms with Gasteiger partial charge < -0.3 is 5.73 Å².